The van der Waals surface area contributed by atoms with E-state index in [1.165, 1.54) is 6.07 Å². The molecule has 0 aliphatic carbocycles. The zero-order valence-electron chi connectivity index (χ0n) is 21.8. The Morgan fingerprint density at radius 2 is 1.97 bits per heavy atom. The molecule has 2 aromatic heterocycles. The number of amides is 1. The topological polar surface area (TPSA) is 82.4 Å². The molecule has 5 rings (SSSR count). The zero-order valence-corrected chi connectivity index (χ0v) is 22.6. The third-order valence-corrected chi connectivity index (χ3v) is 7.91. The molecule has 1 aromatic carbocycles. The largest absolute Gasteiger partial charge is 0.341 e. The van der Waals surface area contributed by atoms with E-state index in [2.05, 4.69) is 20.2 Å². The second-order valence-electron chi connectivity index (χ2n) is 10.0. The van der Waals surface area contributed by atoms with Crippen LogP contribution in [0.5, 0.6) is 0 Å². The molecular formula is C26H34ClFN8O. The molecule has 2 saturated heterocycles. The van der Waals surface area contributed by atoms with E-state index >= 15 is 0 Å². The Morgan fingerprint density at radius 1 is 1.22 bits per heavy atom. The van der Waals surface area contributed by atoms with Crippen molar-refractivity contribution in [3.8, 4) is 0 Å². The molecule has 37 heavy (non-hydrogen) atoms. The number of aryl methyl sites for hydroxylation is 2. The predicted octanol–water partition coefficient (Wildman–Crippen LogP) is 4.21. The normalized spacial score (nSPS) is 19.1. The summed E-state index contributed by atoms with van der Waals surface area (Å²) in [5.74, 6) is 0.838. The highest BCUT2D eigenvalue weighted by molar-refractivity contribution is 6.30. The summed E-state index contributed by atoms with van der Waals surface area (Å²) in [5.41, 5.74) is 2.55. The summed E-state index contributed by atoms with van der Waals surface area (Å²) < 4.78 is 16.5. The lowest BCUT2D eigenvalue weighted by molar-refractivity contribution is -0.136. The fourth-order valence-electron chi connectivity index (χ4n) is 5.48. The van der Waals surface area contributed by atoms with E-state index in [1.807, 2.05) is 37.5 Å². The number of anilines is 3. The molecule has 1 amide bonds. The number of nitrogens with one attached hydrogen (secondary N) is 1. The van der Waals surface area contributed by atoms with Gasteiger partial charge in [0.15, 0.2) is 5.82 Å². The highest BCUT2D eigenvalue weighted by Gasteiger charge is 2.34. The lowest BCUT2D eigenvalue weighted by Crippen LogP contribution is -2.50. The molecule has 2 fully saturated rings. The summed E-state index contributed by atoms with van der Waals surface area (Å²) in [6.45, 7) is 6.98. The molecular weight excluding hydrogens is 495 g/mol. The first-order chi connectivity index (χ1) is 17.8. The van der Waals surface area contributed by atoms with E-state index in [9.17, 15) is 9.18 Å². The van der Waals surface area contributed by atoms with Gasteiger partial charge in [-0.2, -0.15) is 10.1 Å². The van der Waals surface area contributed by atoms with Gasteiger partial charge >= 0.3 is 0 Å². The Balaban J connectivity index is 1.39. The van der Waals surface area contributed by atoms with Crippen LogP contribution in [0.25, 0.3) is 11.0 Å². The first kappa shape index (κ1) is 25.7. The number of hydrogen-bond donors (Lipinski definition) is 1. The Bertz CT molecular complexity index is 1310. The first-order valence-corrected chi connectivity index (χ1v) is 13.3. The van der Waals surface area contributed by atoms with Gasteiger partial charge in [0.05, 0.1) is 17.4 Å². The van der Waals surface area contributed by atoms with Gasteiger partial charge in [-0.3, -0.25) is 14.4 Å². The van der Waals surface area contributed by atoms with Crippen LogP contribution < -0.4 is 10.2 Å². The lowest BCUT2D eigenvalue weighted by atomic mass is 10.0. The fourth-order valence-corrected chi connectivity index (χ4v) is 5.64. The monoisotopic (exact) mass is 528 g/mol. The van der Waals surface area contributed by atoms with Crippen LogP contribution >= 0.6 is 11.6 Å². The minimum absolute atomic E-state index is 0.00579. The number of halogens is 2. The lowest BCUT2D eigenvalue weighted by Gasteiger charge is -2.38. The molecule has 0 spiro atoms. The van der Waals surface area contributed by atoms with E-state index in [0.717, 1.165) is 62.0 Å². The molecule has 2 aliphatic heterocycles. The molecule has 3 aromatic rings. The minimum atomic E-state index is -0.457. The van der Waals surface area contributed by atoms with Crippen LogP contribution in [0.4, 0.5) is 21.8 Å². The van der Waals surface area contributed by atoms with Crippen LogP contribution in [0.1, 0.15) is 38.3 Å². The number of aromatic nitrogens is 4. The molecule has 198 valence electrons. The zero-order chi connectivity index (χ0) is 26.3. The molecule has 4 heterocycles. The summed E-state index contributed by atoms with van der Waals surface area (Å²) in [6, 6.07) is 4.70. The molecule has 2 aliphatic rings. The highest BCUT2D eigenvalue weighted by atomic mass is 35.5. The van der Waals surface area contributed by atoms with Crippen molar-refractivity contribution in [1.82, 2.24) is 29.5 Å². The van der Waals surface area contributed by atoms with Gasteiger partial charge in [-0.15, -0.1) is 0 Å². The van der Waals surface area contributed by atoms with Gasteiger partial charge in [-0.05, 0) is 71.3 Å². The third-order valence-electron chi connectivity index (χ3n) is 7.68. The van der Waals surface area contributed by atoms with Crippen molar-refractivity contribution in [2.45, 2.75) is 58.2 Å². The molecule has 0 unspecified atom stereocenters. The SMILES string of the molecule is CCn1nc(C)c2nc(N3CCC(N(C)C(=O)[C@@H]4CCCN4C)CC3)nc(Nc3ccc(Cl)cc3F)c21. The van der Waals surface area contributed by atoms with Gasteiger partial charge in [0.25, 0.3) is 0 Å². The van der Waals surface area contributed by atoms with Crippen molar-refractivity contribution in [2.75, 3.05) is 43.9 Å². The van der Waals surface area contributed by atoms with Crippen LogP contribution in [-0.4, -0.2) is 81.3 Å². The maximum Gasteiger partial charge on any atom is 0.239 e. The maximum absolute atomic E-state index is 14.6. The first-order valence-electron chi connectivity index (χ1n) is 13.0. The van der Waals surface area contributed by atoms with E-state index in [-0.39, 0.29) is 23.7 Å². The van der Waals surface area contributed by atoms with Crippen LogP contribution in [0.15, 0.2) is 18.2 Å². The summed E-state index contributed by atoms with van der Waals surface area (Å²) in [7, 11) is 3.96. The Morgan fingerprint density at radius 3 is 2.62 bits per heavy atom. The number of carbonyl (C=O) groups excluding carboxylic acids is 1. The summed E-state index contributed by atoms with van der Waals surface area (Å²) in [6.07, 6.45) is 3.67. The molecule has 0 radical (unpaired) electrons. The van der Waals surface area contributed by atoms with Crippen molar-refractivity contribution < 1.29 is 9.18 Å². The van der Waals surface area contributed by atoms with Gasteiger partial charge in [0.1, 0.15) is 16.9 Å². The van der Waals surface area contributed by atoms with Crippen molar-refractivity contribution >= 4 is 46.0 Å². The summed E-state index contributed by atoms with van der Waals surface area (Å²) in [5, 5.41) is 8.11. The van der Waals surface area contributed by atoms with Crippen LogP contribution in [0.3, 0.4) is 0 Å². The molecule has 1 atom stereocenters. The number of nitrogens with zero attached hydrogens (tertiary/aromatic N) is 7. The van der Waals surface area contributed by atoms with E-state index < -0.39 is 5.82 Å². The number of fused-ring (bicyclic) bond motifs is 1. The average molecular weight is 529 g/mol. The Labute approximate surface area is 221 Å². The van der Waals surface area contributed by atoms with Crippen LogP contribution in [0.2, 0.25) is 5.02 Å². The van der Waals surface area contributed by atoms with E-state index in [1.54, 1.807) is 12.1 Å². The van der Waals surface area contributed by atoms with Crippen LogP contribution in [0, 0.1) is 12.7 Å². The summed E-state index contributed by atoms with van der Waals surface area (Å²) >= 11 is 5.95. The second kappa shape index (κ2) is 10.4. The Kier molecular flexibility index (Phi) is 7.22. The van der Waals surface area contributed by atoms with Gasteiger partial charge in [0.2, 0.25) is 11.9 Å². The van der Waals surface area contributed by atoms with Gasteiger partial charge in [-0.25, -0.2) is 9.37 Å². The van der Waals surface area contributed by atoms with Crippen molar-refractivity contribution in [1.29, 1.82) is 0 Å². The van der Waals surface area contributed by atoms with Crippen molar-refractivity contribution in [3.63, 3.8) is 0 Å². The number of likely N-dealkylation sites (N-methyl/N-ethyl adjacent to an activating group) is 2. The molecule has 0 saturated carbocycles. The van der Waals surface area contributed by atoms with Gasteiger partial charge in [-0.1, -0.05) is 11.6 Å². The highest BCUT2D eigenvalue weighted by Crippen LogP contribution is 2.31. The molecule has 1 N–H and O–H groups in total. The standard InChI is InChI=1S/C26H34ClFN8O/c1-5-36-23-22(16(2)32-36)30-26(31-24(23)29-20-9-8-17(27)15-19(20)28)35-13-10-18(11-14-35)34(4)25(37)21-7-6-12-33(21)3/h8-9,15,18,21H,5-7,10-14H2,1-4H3,(H,29,30,31)/t21-/m0/s1. The van der Waals surface area contributed by atoms with Gasteiger partial charge in [0, 0.05) is 37.7 Å². The number of rotatable bonds is 6. The van der Waals surface area contributed by atoms with E-state index in [0.29, 0.717) is 23.3 Å². The van der Waals surface area contributed by atoms with Crippen molar-refractivity contribution in [2.24, 2.45) is 0 Å². The van der Waals surface area contributed by atoms with Crippen LogP contribution in [-0.2, 0) is 11.3 Å². The second-order valence-corrected chi connectivity index (χ2v) is 10.5. The van der Waals surface area contributed by atoms with Gasteiger partial charge < -0.3 is 15.1 Å². The minimum Gasteiger partial charge on any atom is -0.341 e. The molecule has 11 heteroatoms. The average Bonchev–Trinajstić information content (AvgIpc) is 3.47. The number of hydrogen-bond acceptors (Lipinski definition) is 7. The summed E-state index contributed by atoms with van der Waals surface area (Å²) in [4.78, 5) is 29.0. The van der Waals surface area contributed by atoms with Crippen molar-refractivity contribution in [3.05, 3.63) is 34.7 Å². The maximum atomic E-state index is 14.6. The fraction of sp³-hybridized carbons (Fsp3) is 0.538. The quantitative estimate of drug-likeness (QED) is 0.513. The number of piperidine rings is 1. The molecule has 9 nitrogen and oxygen atoms in total. The number of likely N-dealkylation sites (tertiary alicyclic amines) is 1. The number of carbonyl (C=O) groups is 1. The Hall–Kier alpha value is -2.98. The smallest absolute Gasteiger partial charge is 0.239 e. The van der Waals surface area contributed by atoms with E-state index in [4.69, 9.17) is 21.6 Å². The number of benzene rings is 1. The third kappa shape index (κ3) is 4.96. The predicted molar refractivity (Wildman–Crippen MR) is 144 cm³/mol. The molecule has 0 bridgehead atoms.